The number of anilines is 1. The number of thiazole rings is 1. The Morgan fingerprint density at radius 3 is 2.68 bits per heavy atom. The zero-order valence-electron chi connectivity index (χ0n) is 16.8. The highest BCUT2D eigenvalue weighted by Crippen LogP contribution is 2.31. The number of carbonyl (C=O) groups excluding carboxylic acids is 1. The number of halogens is 1. The molecule has 158 valence electrons. The van der Waals surface area contributed by atoms with Crippen molar-refractivity contribution in [2.24, 2.45) is 0 Å². The molecule has 9 heteroatoms. The lowest BCUT2D eigenvalue weighted by atomic mass is 10.2. The molecule has 0 saturated heterocycles. The number of aromatic nitrogens is 3. The molecule has 0 saturated carbocycles. The van der Waals surface area contributed by atoms with Gasteiger partial charge in [0.05, 0.1) is 27.0 Å². The lowest BCUT2D eigenvalue weighted by Gasteiger charge is -2.14. The molecule has 7 nitrogen and oxygen atoms in total. The van der Waals surface area contributed by atoms with Crippen molar-refractivity contribution in [1.29, 1.82) is 0 Å². The van der Waals surface area contributed by atoms with Crippen molar-refractivity contribution in [2.75, 3.05) is 19.5 Å². The predicted octanol–water partition coefficient (Wildman–Crippen LogP) is 4.46. The van der Waals surface area contributed by atoms with E-state index in [-0.39, 0.29) is 17.4 Å². The van der Waals surface area contributed by atoms with Gasteiger partial charge in [0.1, 0.15) is 22.3 Å². The summed E-state index contributed by atoms with van der Waals surface area (Å²) in [7, 11) is 3.16. The van der Waals surface area contributed by atoms with E-state index in [0.29, 0.717) is 28.9 Å². The van der Waals surface area contributed by atoms with E-state index in [9.17, 15) is 9.18 Å². The number of hydrogen-bond donors (Lipinski definition) is 1. The van der Waals surface area contributed by atoms with Crippen molar-refractivity contribution in [3.63, 3.8) is 0 Å². The van der Waals surface area contributed by atoms with Crippen LogP contribution < -0.4 is 14.8 Å². The monoisotopic (exact) mass is 438 g/mol. The smallest absolute Gasteiger partial charge is 0.276 e. The molecular formula is C22H19FN4O3S. The summed E-state index contributed by atoms with van der Waals surface area (Å²) in [5.41, 5.74) is 1.88. The largest absolute Gasteiger partial charge is 0.493 e. The fraction of sp³-hybridized carbons (Fsp3) is 0.136. The van der Waals surface area contributed by atoms with E-state index in [2.05, 4.69) is 15.4 Å². The minimum Gasteiger partial charge on any atom is -0.493 e. The summed E-state index contributed by atoms with van der Waals surface area (Å²) in [5.74, 6) is 1.07. The third-order valence-corrected chi connectivity index (χ3v) is 5.48. The molecule has 0 fully saturated rings. The number of nitrogens with zero attached hydrogens (tertiary/aromatic N) is 3. The number of methoxy groups -OCH3 is 2. The fourth-order valence-corrected chi connectivity index (χ4v) is 3.89. The van der Waals surface area contributed by atoms with Gasteiger partial charge in [-0.15, -0.1) is 11.3 Å². The molecule has 2 aromatic carbocycles. The molecule has 0 spiro atoms. The van der Waals surface area contributed by atoms with E-state index < -0.39 is 0 Å². The van der Waals surface area contributed by atoms with Gasteiger partial charge in [0.2, 0.25) is 0 Å². The lowest BCUT2D eigenvalue weighted by Crippen LogP contribution is -2.16. The second-order valence-corrected chi connectivity index (χ2v) is 7.38. The molecule has 0 atom stereocenters. The first-order valence-corrected chi connectivity index (χ1v) is 10.2. The van der Waals surface area contributed by atoms with Crippen LogP contribution in [-0.2, 0) is 6.54 Å². The van der Waals surface area contributed by atoms with Crippen LogP contribution in [0.3, 0.4) is 0 Å². The highest BCUT2D eigenvalue weighted by Gasteiger charge is 2.16. The van der Waals surface area contributed by atoms with Crippen LogP contribution in [0.4, 0.5) is 10.2 Å². The molecule has 1 N–H and O–H groups in total. The maximum Gasteiger partial charge on any atom is 0.276 e. The van der Waals surface area contributed by atoms with Crippen LogP contribution in [0.1, 0.15) is 16.1 Å². The van der Waals surface area contributed by atoms with E-state index in [1.54, 1.807) is 48.7 Å². The van der Waals surface area contributed by atoms with Crippen molar-refractivity contribution >= 4 is 23.1 Å². The number of para-hydroxylation sites is 1. The summed E-state index contributed by atoms with van der Waals surface area (Å²) in [6.07, 6.45) is 1.60. The number of hydrogen-bond acceptors (Lipinski definition) is 6. The van der Waals surface area contributed by atoms with Crippen molar-refractivity contribution in [2.45, 2.75) is 6.54 Å². The van der Waals surface area contributed by atoms with Gasteiger partial charge in [-0.05, 0) is 30.3 Å². The minimum atomic E-state index is -0.357. The van der Waals surface area contributed by atoms with Crippen molar-refractivity contribution in [3.05, 3.63) is 77.2 Å². The molecule has 1 amide bonds. The summed E-state index contributed by atoms with van der Waals surface area (Å²) in [6, 6.07) is 13.3. The van der Waals surface area contributed by atoms with Gasteiger partial charge in [0.15, 0.2) is 11.5 Å². The summed E-state index contributed by atoms with van der Waals surface area (Å²) < 4.78 is 25.6. The van der Waals surface area contributed by atoms with Gasteiger partial charge in [-0.3, -0.25) is 4.79 Å². The van der Waals surface area contributed by atoms with Crippen LogP contribution in [0.25, 0.3) is 10.6 Å². The maximum atomic E-state index is 13.1. The molecule has 0 bridgehead atoms. The Labute approximate surface area is 182 Å². The zero-order chi connectivity index (χ0) is 21.8. The van der Waals surface area contributed by atoms with Crippen LogP contribution in [0.5, 0.6) is 11.5 Å². The van der Waals surface area contributed by atoms with E-state index in [1.807, 2.05) is 18.2 Å². The highest BCUT2D eigenvalue weighted by atomic mass is 32.1. The topological polar surface area (TPSA) is 78.3 Å². The average molecular weight is 438 g/mol. The quantitative estimate of drug-likeness (QED) is 0.461. The molecule has 0 aliphatic rings. The molecule has 0 aliphatic carbocycles. The van der Waals surface area contributed by atoms with Gasteiger partial charge in [0.25, 0.3) is 5.91 Å². The first-order valence-electron chi connectivity index (χ1n) is 9.33. The van der Waals surface area contributed by atoms with E-state index in [1.165, 1.54) is 23.5 Å². The van der Waals surface area contributed by atoms with Crippen LogP contribution >= 0.6 is 11.3 Å². The molecule has 4 aromatic rings. The number of amides is 1. The van der Waals surface area contributed by atoms with E-state index in [0.717, 1.165) is 11.1 Å². The van der Waals surface area contributed by atoms with Crippen molar-refractivity contribution in [3.8, 4) is 22.1 Å². The lowest BCUT2D eigenvalue weighted by molar-refractivity contribution is 0.102. The number of benzene rings is 2. The number of ether oxygens (including phenoxy) is 2. The Kier molecular flexibility index (Phi) is 5.94. The standard InChI is InChI=1S/C22H19FN4O3S/c1-29-18-5-3-4-15(20(18)30-2)12-27-19(10-11-24-27)26-21(28)17-13-31-22(25-17)14-6-8-16(23)9-7-14/h3-11,13H,12H2,1-2H3,(H,26,28). The minimum absolute atomic E-state index is 0.274. The predicted molar refractivity (Wildman–Crippen MR) is 116 cm³/mol. The van der Waals surface area contributed by atoms with Gasteiger partial charge in [-0.2, -0.15) is 5.10 Å². The number of nitrogens with one attached hydrogen (secondary N) is 1. The van der Waals surface area contributed by atoms with E-state index >= 15 is 0 Å². The normalized spacial score (nSPS) is 10.7. The van der Waals surface area contributed by atoms with Gasteiger partial charge in [0, 0.05) is 22.6 Å². The van der Waals surface area contributed by atoms with Gasteiger partial charge in [-0.1, -0.05) is 12.1 Å². The van der Waals surface area contributed by atoms with Crippen LogP contribution in [0, 0.1) is 5.82 Å². The van der Waals surface area contributed by atoms with Crippen molar-refractivity contribution < 1.29 is 18.7 Å². The van der Waals surface area contributed by atoms with Gasteiger partial charge >= 0.3 is 0 Å². The second kappa shape index (κ2) is 8.97. The Morgan fingerprint density at radius 1 is 1.13 bits per heavy atom. The average Bonchev–Trinajstić information content (AvgIpc) is 3.44. The second-order valence-electron chi connectivity index (χ2n) is 6.53. The molecule has 4 rings (SSSR count). The summed E-state index contributed by atoms with van der Waals surface area (Å²) >= 11 is 1.32. The molecule has 31 heavy (non-hydrogen) atoms. The first-order chi connectivity index (χ1) is 15.1. The number of rotatable bonds is 7. The maximum absolute atomic E-state index is 13.1. The van der Waals surface area contributed by atoms with Crippen LogP contribution in [0.15, 0.2) is 60.1 Å². The van der Waals surface area contributed by atoms with E-state index in [4.69, 9.17) is 9.47 Å². The Balaban J connectivity index is 1.51. The molecule has 0 unspecified atom stereocenters. The fourth-order valence-electron chi connectivity index (χ4n) is 3.09. The number of carbonyl (C=O) groups is 1. The Morgan fingerprint density at radius 2 is 1.94 bits per heavy atom. The Hall–Kier alpha value is -3.72. The summed E-state index contributed by atoms with van der Waals surface area (Å²) in [5, 5.41) is 9.45. The summed E-state index contributed by atoms with van der Waals surface area (Å²) in [4.78, 5) is 17.1. The Bertz CT molecular complexity index is 1200. The summed E-state index contributed by atoms with van der Waals surface area (Å²) in [6.45, 7) is 0.376. The molecule has 0 aliphatic heterocycles. The van der Waals surface area contributed by atoms with Gasteiger partial charge < -0.3 is 14.8 Å². The third kappa shape index (κ3) is 4.41. The van der Waals surface area contributed by atoms with Gasteiger partial charge in [-0.25, -0.2) is 14.1 Å². The van der Waals surface area contributed by atoms with Crippen molar-refractivity contribution in [1.82, 2.24) is 14.8 Å². The van der Waals surface area contributed by atoms with Crippen LogP contribution in [-0.4, -0.2) is 34.9 Å². The molecule has 2 aromatic heterocycles. The molecular weight excluding hydrogens is 419 g/mol. The molecule has 0 radical (unpaired) electrons. The molecule has 2 heterocycles. The SMILES string of the molecule is COc1cccc(Cn2nccc2NC(=O)c2csc(-c3ccc(F)cc3)n2)c1OC. The van der Waals surface area contributed by atoms with Crippen LogP contribution in [0.2, 0.25) is 0 Å². The highest BCUT2D eigenvalue weighted by molar-refractivity contribution is 7.13. The zero-order valence-corrected chi connectivity index (χ0v) is 17.6. The first kappa shape index (κ1) is 20.5. The third-order valence-electron chi connectivity index (χ3n) is 4.59.